The maximum atomic E-state index is 13.9. The van der Waals surface area contributed by atoms with Crippen LogP contribution >= 0.6 is 11.6 Å². The van der Waals surface area contributed by atoms with Crippen molar-refractivity contribution in [3.05, 3.63) is 65.8 Å². The predicted molar refractivity (Wildman–Crippen MR) is 110 cm³/mol. The van der Waals surface area contributed by atoms with Crippen LogP contribution in [0.15, 0.2) is 59.9 Å². The van der Waals surface area contributed by atoms with E-state index in [1.807, 2.05) is 5.32 Å². The van der Waals surface area contributed by atoms with E-state index in [4.69, 9.17) is 11.6 Å². The minimum Gasteiger partial charge on any atom is -0.333 e. The smallest absolute Gasteiger partial charge is 0.333 e. The molecule has 0 spiro atoms. The van der Waals surface area contributed by atoms with Crippen LogP contribution in [0, 0.1) is 5.82 Å². The Kier molecular flexibility index (Phi) is 7.02. The molecule has 0 aliphatic heterocycles. The number of hydrogen-bond donors (Lipinski definition) is 3. The Balaban J connectivity index is 1.81. The average Bonchev–Trinajstić information content (AvgIpc) is 2.75. The van der Waals surface area contributed by atoms with E-state index in [1.54, 1.807) is 0 Å². The Morgan fingerprint density at radius 2 is 1.70 bits per heavy atom. The SMILES string of the molecule is CC(Nc1cc(Nc2ncc(Cl)cc2F)ncn1)(ONS(=O)(=O)c1ccccc1)C(F)(F)F. The lowest BCUT2D eigenvalue weighted by Gasteiger charge is -2.32. The molecule has 1 atom stereocenters. The molecule has 3 N–H and O–H groups in total. The summed E-state index contributed by atoms with van der Waals surface area (Å²) in [4.78, 5) is 16.9. The van der Waals surface area contributed by atoms with Gasteiger partial charge >= 0.3 is 6.18 Å². The number of sulfonamides is 1. The topological polar surface area (TPSA) is 118 Å². The van der Waals surface area contributed by atoms with Gasteiger partial charge in [0.2, 0.25) is 0 Å². The Labute approximate surface area is 190 Å². The van der Waals surface area contributed by atoms with Gasteiger partial charge in [-0.3, -0.25) is 0 Å². The molecule has 2 aromatic heterocycles. The van der Waals surface area contributed by atoms with Crippen molar-refractivity contribution >= 4 is 39.1 Å². The second-order valence-corrected chi connectivity index (χ2v) is 8.64. The number of nitrogens with zero attached hydrogens (tertiary/aromatic N) is 3. The molecule has 0 saturated heterocycles. The number of hydrogen-bond acceptors (Lipinski definition) is 8. The molecule has 1 unspecified atom stereocenters. The summed E-state index contributed by atoms with van der Waals surface area (Å²) < 4.78 is 79.7. The van der Waals surface area contributed by atoms with Crippen LogP contribution in [0.4, 0.5) is 35.0 Å². The Bertz CT molecular complexity index is 1230. The number of benzene rings is 1. The highest BCUT2D eigenvalue weighted by Crippen LogP contribution is 2.34. The van der Waals surface area contributed by atoms with E-state index in [0.717, 1.165) is 24.7 Å². The van der Waals surface area contributed by atoms with Crippen LogP contribution in [0.2, 0.25) is 5.02 Å². The monoisotopic (exact) mass is 506 g/mol. The lowest BCUT2D eigenvalue weighted by Crippen LogP contribution is -2.55. The highest BCUT2D eigenvalue weighted by molar-refractivity contribution is 7.89. The van der Waals surface area contributed by atoms with Crippen LogP contribution in [0.5, 0.6) is 0 Å². The van der Waals surface area contributed by atoms with Gasteiger partial charge in [0.15, 0.2) is 11.6 Å². The maximum absolute atomic E-state index is 13.9. The van der Waals surface area contributed by atoms with Gasteiger partial charge in [0.1, 0.15) is 18.0 Å². The van der Waals surface area contributed by atoms with Crippen LogP contribution < -0.4 is 15.5 Å². The lowest BCUT2D eigenvalue weighted by atomic mass is 10.2. The van der Waals surface area contributed by atoms with Crippen LogP contribution in [-0.2, 0) is 14.9 Å². The number of pyridine rings is 1. The molecule has 1 aromatic carbocycles. The van der Waals surface area contributed by atoms with E-state index in [-0.39, 0.29) is 21.6 Å². The minimum absolute atomic E-state index is 0.0409. The third kappa shape index (κ3) is 6.04. The molecular formula is C18H15ClF4N6O3S. The molecule has 0 bridgehead atoms. The van der Waals surface area contributed by atoms with Gasteiger partial charge in [-0.05, 0) is 25.1 Å². The molecule has 0 radical (unpaired) electrons. The van der Waals surface area contributed by atoms with Crippen LogP contribution in [0.1, 0.15) is 6.92 Å². The van der Waals surface area contributed by atoms with E-state index < -0.39 is 33.6 Å². The fourth-order valence-electron chi connectivity index (χ4n) is 2.31. The van der Waals surface area contributed by atoms with Crippen molar-refractivity contribution in [2.24, 2.45) is 0 Å². The fraction of sp³-hybridized carbons (Fsp3) is 0.167. The van der Waals surface area contributed by atoms with Gasteiger partial charge in [0.25, 0.3) is 15.7 Å². The normalized spacial score (nSPS) is 13.9. The molecule has 0 amide bonds. The molecule has 2 heterocycles. The largest absolute Gasteiger partial charge is 0.438 e. The lowest BCUT2D eigenvalue weighted by molar-refractivity contribution is -0.268. The van der Waals surface area contributed by atoms with E-state index in [9.17, 15) is 26.0 Å². The van der Waals surface area contributed by atoms with Gasteiger partial charge in [-0.15, -0.1) is 0 Å². The second kappa shape index (κ2) is 9.43. The molecule has 15 heteroatoms. The van der Waals surface area contributed by atoms with Crippen molar-refractivity contribution in [2.45, 2.75) is 23.7 Å². The zero-order chi connectivity index (χ0) is 24.3. The molecule has 0 fully saturated rings. The van der Waals surface area contributed by atoms with Crippen molar-refractivity contribution in [3.63, 3.8) is 0 Å². The molecular weight excluding hydrogens is 492 g/mol. The van der Waals surface area contributed by atoms with E-state index in [2.05, 4.69) is 25.1 Å². The first-order chi connectivity index (χ1) is 15.4. The summed E-state index contributed by atoms with van der Waals surface area (Å²) >= 11 is 5.63. The molecule has 3 rings (SSSR count). The Hall–Kier alpha value is -3.07. The van der Waals surface area contributed by atoms with Crippen molar-refractivity contribution in [3.8, 4) is 0 Å². The third-order valence-electron chi connectivity index (χ3n) is 4.04. The first kappa shape index (κ1) is 24.6. The van der Waals surface area contributed by atoms with Gasteiger partial charge in [-0.1, -0.05) is 34.7 Å². The van der Waals surface area contributed by atoms with Crippen molar-refractivity contribution in [1.29, 1.82) is 0 Å². The zero-order valence-corrected chi connectivity index (χ0v) is 18.1. The molecule has 0 aliphatic rings. The first-order valence-electron chi connectivity index (χ1n) is 8.89. The van der Waals surface area contributed by atoms with E-state index in [0.29, 0.717) is 6.92 Å². The van der Waals surface area contributed by atoms with Gasteiger partial charge in [-0.25, -0.2) is 32.6 Å². The van der Waals surface area contributed by atoms with Gasteiger partial charge in [0, 0.05) is 12.3 Å². The quantitative estimate of drug-likeness (QED) is 0.238. The number of halogens is 5. The summed E-state index contributed by atoms with van der Waals surface area (Å²) in [6.45, 7) is 0.552. The molecule has 33 heavy (non-hydrogen) atoms. The summed E-state index contributed by atoms with van der Waals surface area (Å²) in [7, 11) is -4.42. The summed E-state index contributed by atoms with van der Waals surface area (Å²) in [5.74, 6) is -1.64. The van der Waals surface area contributed by atoms with Gasteiger partial charge in [0.05, 0.1) is 9.92 Å². The van der Waals surface area contributed by atoms with E-state index >= 15 is 0 Å². The fourth-order valence-corrected chi connectivity index (χ4v) is 3.34. The standard InChI is InChI=1S/C18H15ClF4N6O3S/c1-17(18(21,22)23,32-29-33(30,31)12-5-3-2-4-6-12)28-15-8-14(25-10-26-15)27-16-13(20)7-11(19)9-24-16/h2-10,29H,1H3,(H2,24,25,26,27,28). The minimum atomic E-state index is -5.10. The average molecular weight is 507 g/mol. The van der Waals surface area contributed by atoms with Crippen LogP contribution in [-0.4, -0.2) is 35.3 Å². The van der Waals surface area contributed by atoms with Crippen molar-refractivity contribution < 1.29 is 30.8 Å². The number of aromatic nitrogens is 3. The molecule has 0 aliphatic carbocycles. The highest BCUT2D eigenvalue weighted by Gasteiger charge is 2.54. The summed E-state index contributed by atoms with van der Waals surface area (Å²) in [6.07, 6.45) is -3.06. The number of anilines is 3. The van der Waals surface area contributed by atoms with Crippen molar-refractivity contribution in [1.82, 2.24) is 19.8 Å². The summed E-state index contributed by atoms with van der Waals surface area (Å²) in [5.41, 5.74) is -3.25. The first-order valence-corrected chi connectivity index (χ1v) is 10.8. The molecule has 176 valence electrons. The second-order valence-electron chi connectivity index (χ2n) is 6.56. The summed E-state index contributed by atoms with van der Waals surface area (Å²) in [6, 6.07) is 8.66. The summed E-state index contributed by atoms with van der Waals surface area (Å²) in [5, 5.41) is 4.48. The third-order valence-corrected chi connectivity index (χ3v) is 5.44. The molecule has 9 nitrogen and oxygen atoms in total. The van der Waals surface area contributed by atoms with Crippen LogP contribution in [0.3, 0.4) is 0 Å². The number of rotatable bonds is 8. The maximum Gasteiger partial charge on any atom is 0.438 e. The zero-order valence-electron chi connectivity index (χ0n) is 16.6. The van der Waals surface area contributed by atoms with Crippen molar-refractivity contribution in [2.75, 3.05) is 10.6 Å². The molecule has 3 aromatic rings. The number of nitrogens with one attached hydrogen (secondary N) is 3. The highest BCUT2D eigenvalue weighted by atomic mass is 35.5. The predicted octanol–water partition coefficient (Wildman–Crippen LogP) is 4.01. The van der Waals surface area contributed by atoms with Gasteiger partial charge in [-0.2, -0.15) is 13.2 Å². The number of alkyl halides is 3. The molecule has 0 saturated carbocycles. The van der Waals surface area contributed by atoms with E-state index in [1.165, 1.54) is 35.2 Å². The Morgan fingerprint density at radius 3 is 2.33 bits per heavy atom. The van der Waals surface area contributed by atoms with Crippen LogP contribution in [0.25, 0.3) is 0 Å². The van der Waals surface area contributed by atoms with Gasteiger partial charge < -0.3 is 10.6 Å². The Morgan fingerprint density at radius 1 is 1.03 bits per heavy atom.